The SMILES string of the molecule is FC1(F)CC(Oc2cncc(Cl)n2)C1. The number of hydrogen-bond acceptors (Lipinski definition) is 3. The third-order valence-electron chi connectivity index (χ3n) is 1.92. The van der Waals surface area contributed by atoms with E-state index in [9.17, 15) is 8.78 Å². The molecule has 6 heteroatoms. The zero-order valence-electron chi connectivity index (χ0n) is 7.08. The van der Waals surface area contributed by atoms with Crippen LogP contribution >= 0.6 is 11.6 Å². The summed E-state index contributed by atoms with van der Waals surface area (Å²) in [6.07, 6.45) is 1.70. The van der Waals surface area contributed by atoms with E-state index < -0.39 is 12.0 Å². The van der Waals surface area contributed by atoms with E-state index >= 15 is 0 Å². The maximum absolute atomic E-state index is 12.4. The number of ether oxygens (including phenoxy) is 1. The van der Waals surface area contributed by atoms with Crippen molar-refractivity contribution in [3.63, 3.8) is 0 Å². The van der Waals surface area contributed by atoms with Gasteiger partial charge in [-0.15, -0.1) is 0 Å². The molecular formula is C8H7ClF2N2O. The first-order valence-corrected chi connectivity index (χ1v) is 4.45. The maximum atomic E-state index is 12.4. The molecule has 0 saturated heterocycles. The van der Waals surface area contributed by atoms with Crippen LogP contribution in [0.5, 0.6) is 5.88 Å². The highest BCUT2D eigenvalue weighted by molar-refractivity contribution is 6.29. The molecule has 0 aliphatic heterocycles. The highest BCUT2D eigenvalue weighted by atomic mass is 35.5. The van der Waals surface area contributed by atoms with E-state index in [0.717, 1.165) is 0 Å². The molecule has 0 unspecified atom stereocenters. The molecule has 1 heterocycles. The minimum atomic E-state index is -2.59. The van der Waals surface area contributed by atoms with E-state index in [1.807, 2.05) is 0 Å². The molecule has 0 N–H and O–H groups in total. The molecule has 0 aromatic carbocycles. The lowest BCUT2D eigenvalue weighted by molar-refractivity contribution is -0.135. The highest BCUT2D eigenvalue weighted by Crippen LogP contribution is 2.39. The van der Waals surface area contributed by atoms with Crippen molar-refractivity contribution in [3.05, 3.63) is 17.5 Å². The van der Waals surface area contributed by atoms with Gasteiger partial charge in [0.2, 0.25) is 5.88 Å². The smallest absolute Gasteiger partial charge is 0.255 e. The highest BCUT2D eigenvalue weighted by Gasteiger charge is 2.47. The Hall–Kier alpha value is -0.970. The van der Waals surface area contributed by atoms with Crippen molar-refractivity contribution in [1.82, 2.24) is 9.97 Å². The molecule has 1 aliphatic rings. The molecule has 2 rings (SSSR count). The van der Waals surface area contributed by atoms with Gasteiger partial charge >= 0.3 is 0 Å². The molecule has 1 saturated carbocycles. The summed E-state index contributed by atoms with van der Waals surface area (Å²) in [4.78, 5) is 7.50. The van der Waals surface area contributed by atoms with Gasteiger partial charge < -0.3 is 4.74 Å². The first-order valence-electron chi connectivity index (χ1n) is 4.07. The summed E-state index contributed by atoms with van der Waals surface area (Å²) in [5.74, 6) is -2.39. The fourth-order valence-electron chi connectivity index (χ4n) is 1.24. The third-order valence-corrected chi connectivity index (χ3v) is 2.11. The molecule has 0 bridgehead atoms. The van der Waals surface area contributed by atoms with Gasteiger partial charge in [-0.1, -0.05) is 11.6 Å². The Morgan fingerprint density at radius 1 is 1.43 bits per heavy atom. The van der Waals surface area contributed by atoms with E-state index in [-0.39, 0.29) is 23.9 Å². The first-order chi connectivity index (χ1) is 6.55. The lowest BCUT2D eigenvalue weighted by atomic mass is 9.91. The Kier molecular flexibility index (Phi) is 2.26. The molecule has 0 amide bonds. The van der Waals surface area contributed by atoms with Gasteiger partial charge in [-0.2, -0.15) is 4.98 Å². The lowest BCUT2D eigenvalue weighted by Crippen LogP contribution is -2.43. The molecule has 3 nitrogen and oxygen atoms in total. The van der Waals surface area contributed by atoms with Gasteiger partial charge in [-0.05, 0) is 0 Å². The van der Waals surface area contributed by atoms with Crippen molar-refractivity contribution >= 4 is 11.6 Å². The number of rotatable bonds is 2. The molecule has 0 spiro atoms. The third kappa shape index (κ3) is 2.09. The van der Waals surface area contributed by atoms with Crippen molar-refractivity contribution in [3.8, 4) is 5.88 Å². The van der Waals surface area contributed by atoms with Gasteiger partial charge in [0.1, 0.15) is 6.10 Å². The molecule has 1 aromatic rings. The summed E-state index contributed by atoms with van der Waals surface area (Å²) in [7, 11) is 0. The van der Waals surface area contributed by atoms with Gasteiger partial charge in [0.05, 0.1) is 12.4 Å². The monoisotopic (exact) mass is 220 g/mol. The summed E-state index contributed by atoms with van der Waals surface area (Å²) < 4.78 is 30.0. The molecular weight excluding hydrogens is 214 g/mol. The number of hydrogen-bond donors (Lipinski definition) is 0. The van der Waals surface area contributed by atoms with Crippen molar-refractivity contribution in [2.24, 2.45) is 0 Å². The summed E-state index contributed by atoms with van der Waals surface area (Å²) in [6, 6.07) is 0. The summed E-state index contributed by atoms with van der Waals surface area (Å²) in [5, 5.41) is 0.189. The van der Waals surface area contributed by atoms with E-state index in [0.29, 0.717) is 0 Å². The number of nitrogens with zero attached hydrogens (tertiary/aromatic N) is 2. The van der Waals surface area contributed by atoms with Crippen LogP contribution in [0.4, 0.5) is 8.78 Å². The Morgan fingerprint density at radius 3 is 2.71 bits per heavy atom. The van der Waals surface area contributed by atoms with Crippen molar-refractivity contribution in [2.75, 3.05) is 0 Å². The van der Waals surface area contributed by atoms with Gasteiger partial charge in [0, 0.05) is 12.8 Å². The molecule has 0 radical (unpaired) electrons. The summed E-state index contributed by atoms with van der Waals surface area (Å²) in [6.45, 7) is 0. The molecule has 1 aliphatic carbocycles. The van der Waals surface area contributed by atoms with Crippen LogP contribution in [0.25, 0.3) is 0 Å². The lowest BCUT2D eigenvalue weighted by Gasteiger charge is -2.34. The van der Waals surface area contributed by atoms with E-state index in [2.05, 4.69) is 9.97 Å². The largest absolute Gasteiger partial charge is 0.473 e. The van der Waals surface area contributed by atoms with E-state index in [1.165, 1.54) is 12.4 Å². The maximum Gasteiger partial charge on any atom is 0.255 e. The molecule has 76 valence electrons. The van der Waals surface area contributed by atoms with Crippen molar-refractivity contribution in [1.29, 1.82) is 0 Å². The zero-order chi connectivity index (χ0) is 10.2. The average Bonchev–Trinajstić information content (AvgIpc) is 2.00. The second-order valence-electron chi connectivity index (χ2n) is 3.18. The van der Waals surface area contributed by atoms with Crippen LogP contribution in [0.2, 0.25) is 5.15 Å². The number of aromatic nitrogens is 2. The van der Waals surface area contributed by atoms with E-state index in [1.54, 1.807) is 0 Å². The molecule has 1 fully saturated rings. The average molecular weight is 221 g/mol. The fraction of sp³-hybridized carbons (Fsp3) is 0.500. The second kappa shape index (κ2) is 3.31. The number of alkyl halides is 2. The Morgan fingerprint density at radius 2 is 2.14 bits per heavy atom. The quantitative estimate of drug-likeness (QED) is 0.767. The van der Waals surface area contributed by atoms with Crippen LogP contribution in [0.1, 0.15) is 12.8 Å². The normalized spacial score (nSPS) is 20.2. The predicted molar refractivity (Wildman–Crippen MR) is 45.6 cm³/mol. The van der Waals surface area contributed by atoms with Gasteiger partial charge in [0.25, 0.3) is 5.92 Å². The molecule has 1 aromatic heterocycles. The minimum absolute atomic E-state index is 0.189. The number of halogens is 3. The summed E-state index contributed by atoms with van der Waals surface area (Å²) in [5.41, 5.74) is 0. The second-order valence-corrected chi connectivity index (χ2v) is 3.57. The Labute approximate surface area is 84.1 Å². The van der Waals surface area contributed by atoms with Crippen LogP contribution in [0, 0.1) is 0 Å². The van der Waals surface area contributed by atoms with Crippen LogP contribution in [0.15, 0.2) is 12.4 Å². The zero-order valence-corrected chi connectivity index (χ0v) is 7.84. The Balaban J connectivity index is 1.93. The molecule has 0 atom stereocenters. The Bertz CT molecular complexity index is 340. The van der Waals surface area contributed by atoms with Crippen LogP contribution in [-0.2, 0) is 0 Å². The first kappa shape index (κ1) is 9.58. The van der Waals surface area contributed by atoms with Gasteiger partial charge in [-0.3, -0.25) is 4.98 Å². The summed E-state index contributed by atoms with van der Waals surface area (Å²) >= 11 is 5.54. The minimum Gasteiger partial charge on any atom is -0.473 e. The fourth-order valence-corrected chi connectivity index (χ4v) is 1.38. The van der Waals surface area contributed by atoms with Crippen molar-refractivity contribution in [2.45, 2.75) is 24.9 Å². The van der Waals surface area contributed by atoms with Crippen LogP contribution < -0.4 is 4.74 Å². The van der Waals surface area contributed by atoms with E-state index in [4.69, 9.17) is 16.3 Å². The van der Waals surface area contributed by atoms with Crippen LogP contribution in [0.3, 0.4) is 0 Å². The standard InChI is InChI=1S/C8H7ClF2N2O/c9-6-3-12-4-7(13-6)14-5-1-8(10,11)2-5/h3-5H,1-2H2. The van der Waals surface area contributed by atoms with Crippen molar-refractivity contribution < 1.29 is 13.5 Å². The predicted octanol–water partition coefficient (Wildman–Crippen LogP) is 2.31. The van der Waals surface area contributed by atoms with Gasteiger partial charge in [0.15, 0.2) is 5.15 Å². The van der Waals surface area contributed by atoms with Gasteiger partial charge in [-0.25, -0.2) is 8.78 Å². The van der Waals surface area contributed by atoms with Crippen LogP contribution in [-0.4, -0.2) is 22.0 Å². The molecule has 14 heavy (non-hydrogen) atoms. The topological polar surface area (TPSA) is 35.0 Å².